The zero-order valence-corrected chi connectivity index (χ0v) is 18.3. The third kappa shape index (κ3) is 5.89. The number of ether oxygens (including phenoxy) is 2. The van der Waals surface area contributed by atoms with Gasteiger partial charge in [0.2, 0.25) is 11.8 Å². The van der Waals surface area contributed by atoms with Crippen molar-refractivity contribution in [1.82, 2.24) is 10.6 Å². The lowest BCUT2D eigenvalue weighted by atomic mass is 10.0. The first kappa shape index (κ1) is 22.4. The van der Waals surface area contributed by atoms with Crippen LogP contribution in [0.5, 0.6) is 11.5 Å². The lowest BCUT2D eigenvalue weighted by Crippen LogP contribution is -2.37. The fourth-order valence-corrected chi connectivity index (χ4v) is 3.57. The van der Waals surface area contributed by atoms with Gasteiger partial charge in [-0.3, -0.25) is 9.59 Å². The molecule has 0 aliphatic carbocycles. The van der Waals surface area contributed by atoms with Crippen molar-refractivity contribution in [1.29, 1.82) is 0 Å². The number of nitrogens with one attached hydrogen (secondary N) is 2. The summed E-state index contributed by atoms with van der Waals surface area (Å²) in [7, 11) is 1.53. The molecule has 162 valence electrons. The molecule has 3 rings (SSSR count). The Labute approximate surface area is 186 Å². The number of hydrogen-bond acceptors (Lipinski definition) is 4. The van der Waals surface area contributed by atoms with E-state index in [0.29, 0.717) is 23.1 Å². The molecule has 0 aliphatic heterocycles. The van der Waals surface area contributed by atoms with E-state index in [4.69, 9.17) is 21.1 Å². The highest BCUT2D eigenvalue weighted by Gasteiger charge is 2.13. The maximum absolute atomic E-state index is 12.3. The molecule has 0 aromatic heterocycles. The Hall–Kier alpha value is -3.25. The van der Waals surface area contributed by atoms with Crippen LogP contribution in [0.2, 0.25) is 5.02 Å². The van der Waals surface area contributed by atoms with Crippen LogP contribution in [0.15, 0.2) is 54.6 Å². The predicted octanol–water partition coefficient (Wildman–Crippen LogP) is 3.88. The van der Waals surface area contributed by atoms with E-state index in [1.54, 1.807) is 12.1 Å². The number of carbonyl (C=O) groups excluding carboxylic acids is 2. The highest BCUT2D eigenvalue weighted by atomic mass is 35.5. The average molecular weight is 441 g/mol. The van der Waals surface area contributed by atoms with E-state index in [2.05, 4.69) is 10.6 Å². The van der Waals surface area contributed by atoms with Crippen LogP contribution in [0.25, 0.3) is 10.8 Å². The lowest BCUT2D eigenvalue weighted by molar-refractivity contribution is -0.125. The largest absolute Gasteiger partial charge is 0.493 e. The van der Waals surface area contributed by atoms with Crippen LogP contribution < -0.4 is 20.1 Å². The number of methoxy groups -OCH3 is 1. The van der Waals surface area contributed by atoms with Gasteiger partial charge in [0.1, 0.15) is 0 Å². The summed E-state index contributed by atoms with van der Waals surface area (Å²) in [6, 6.07) is 17.2. The molecule has 0 bridgehead atoms. The Bertz CT molecular complexity index is 1080. The van der Waals surface area contributed by atoms with Crippen molar-refractivity contribution >= 4 is 34.2 Å². The van der Waals surface area contributed by atoms with Crippen molar-refractivity contribution in [3.05, 3.63) is 70.7 Å². The fourth-order valence-electron chi connectivity index (χ4n) is 3.28. The Morgan fingerprint density at radius 1 is 1.00 bits per heavy atom. The van der Waals surface area contributed by atoms with E-state index in [0.717, 1.165) is 21.9 Å². The van der Waals surface area contributed by atoms with Gasteiger partial charge in [0.25, 0.3) is 0 Å². The van der Waals surface area contributed by atoms with Crippen LogP contribution in [0.3, 0.4) is 0 Å². The van der Waals surface area contributed by atoms with E-state index in [1.165, 1.54) is 7.11 Å². The van der Waals surface area contributed by atoms with E-state index >= 15 is 0 Å². The smallest absolute Gasteiger partial charge is 0.239 e. The summed E-state index contributed by atoms with van der Waals surface area (Å²) in [6.07, 6.45) is 0.209. The zero-order chi connectivity index (χ0) is 22.2. The molecule has 31 heavy (non-hydrogen) atoms. The Morgan fingerprint density at radius 3 is 2.55 bits per heavy atom. The summed E-state index contributed by atoms with van der Waals surface area (Å²) in [4.78, 5) is 24.5. The van der Waals surface area contributed by atoms with Crippen molar-refractivity contribution in [2.75, 3.05) is 20.3 Å². The third-order valence-corrected chi connectivity index (χ3v) is 5.03. The van der Waals surface area contributed by atoms with Crippen molar-refractivity contribution in [2.24, 2.45) is 0 Å². The van der Waals surface area contributed by atoms with E-state index in [1.807, 2.05) is 49.4 Å². The third-order valence-electron chi connectivity index (χ3n) is 4.74. The molecule has 3 aromatic rings. The van der Waals surface area contributed by atoms with Gasteiger partial charge in [0.05, 0.1) is 31.7 Å². The minimum Gasteiger partial charge on any atom is -0.493 e. The van der Waals surface area contributed by atoms with Gasteiger partial charge in [-0.25, -0.2) is 0 Å². The number of carbonyl (C=O) groups is 2. The first-order chi connectivity index (χ1) is 15.0. The summed E-state index contributed by atoms with van der Waals surface area (Å²) >= 11 is 6.25. The minimum absolute atomic E-state index is 0.106. The Morgan fingerprint density at radius 2 is 1.77 bits per heavy atom. The summed E-state index contributed by atoms with van der Waals surface area (Å²) in [6.45, 7) is 2.47. The zero-order valence-electron chi connectivity index (χ0n) is 17.5. The van der Waals surface area contributed by atoms with Crippen LogP contribution in [0.1, 0.15) is 18.1 Å². The normalized spacial score (nSPS) is 10.5. The molecule has 0 unspecified atom stereocenters. The van der Waals surface area contributed by atoms with Gasteiger partial charge in [-0.15, -0.1) is 0 Å². The van der Waals surface area contributed by atoms with E-state index < -0.39 is 0 Å². The molecule has 2 N–H and O–H groups in total. The number of benzene rings is 3. The predicted molar refractivity (Wildman–Crippen MR) is 122 cm³/mol. The van der Waals surface area contributed by atoms with Crippen molar-refractivity contribution in [3.8, 4) is 11.5 Å². The van der Waals surface area contributed by atoms with Gasteiger partial charge in [0.15, 0.2) is 11.5 Å². The number of hydrogen-bond donors (Lipinski definition) is 2. The minimum atomic E-state index is -0.296. The molecule has 0 spiro atoms. The van der Waals surface area contributed by atoms with Gasteiger partial charge in [-0.2, -0.15) is 0 Å². The highest BCUT2D eigenvalue weighted by molar-refractivity contribution is 6.32. The topological polar surface area (TPSA) is 76.7 Å². The van der Waals surface area contributed by atoms with Gasteiger partial charge in [-0.05, 0) is 41.0 Å². The maximum Gasteiger partial charge on any atom is 0.239 e. The monoisotopic (exact) mass is 440 g/mol. The first-order valence-corrected chi connectivity index (χ1v) is 10.4. The summed E-state index contributed by atoms with van der Waals surface area (Å²) in [5.74, 6) is 0.469. The molecule has 0 saturated carbocycles. The average Bonchev–Trinajstić information content (AvgIpc) is 2.78. The molecular formula is C24H25ClN2O4. The van der Waals surface area contributed by atoms with Crippen LogP contribution in [-0.4, -0.2) is 32.1 Å². The van der Waals surface area contributed by atoms with Crippen LogP contribution in [-0.2, 0) is 22.6 Å². The number of halogens is 1. The fraction of sp³-hybridized carbons (Fsp3) is 0.250. The molecule has 0 saturated heterocycles. The van der Waals surface area contributed by atoms with Crippen molar-refractivity contribution in [2.45, 2.75) is 19.9 Å². The van der Waals surface area contributed by atoms with E-state index in [-0.39, 0.29) is 31.3 Å². The molecule has 0 aliphatic rings. The number of rotatable bonds is 9. The first-order valence-electron chi connectivity index (χ1n) is 10.0. The van der Waals surface area contributed by atoms with Crippen LogP contribution in [0.4, 0.5) is 0 Å². The van der Waals surface area contributed by atoms with Crippen LogP contribution >= 0.6 is 11.6 Å². The second-order valence-electron chi connectivity index (χ2n) is 6.91. The summed E-state index contributed by atoms with van der Waals surface area (Å²) in [5, 5.41) is 7.96. The second-order valence-corrected chi connectivity index (χ2v) is 7.32. The second kappa shape index (κ2) is 10.7. The molecular weight excluding hydrogens is 416 g/mol. The summed E-state index contributed by atoms with van der Waals surface area (Å²) in [5.41, 5.74) is 1.69. The van der Waals surface area contributed by atoms with Crippen LogP contribution in [0, 0.1) is 0 Å². The standard InChI is InChI=1S/C24H25ClN2O4/c1-3-31-24-20(25)11-16(12-21(24)30-2)14-26-23(29)15-27-22(28)13-18-9-6-8-17-7-4-5-10-19(17)18/h4-12H,3,13-15H2,1-2H3,(H,26,29)(H,27,28). The molecule has 7 heteroatoms. The number of fused-ring (bicyclic) bond motifs is 1. The lowest BCUT2D eigenvalue weighted by Gasteiger charge is -2.14. The Kier molecular flexibility index (Phi) is 7.73. The van der Waals surface area contributed by atoms with Gasteiger partial charge in [-0.1, -0.05) is 54.1 Å². The molecule has 6 nitrogen and oxygen atoms in total. The molecule has 0 atom stereocenters. The molecule has 3 aromatic carbocycles. The molecule has 2 amide bonds. The Balaban J connectivity index is 1.52. The molecule has 0 radical (unpaired) electrons. The number of amides is 2. The van der Waals surface area contributed by atoms with Gasteiger partial charge >= 0.3 is 0 Å². The van der Waals surface area contributed by atoms with Crippen molar-refractivity contribution < 1.29 is 19.1 Å². The van der Waals surface area contributed by atoms with E-state index in [9.17, 15) is 9.59 Å². The maximum atomic E-state index is 12.3. The molecule has 0 fully saturated rings. The summed E-state index contributed by atoms with van der Waals surface area (Å²) < 4.78 is 10.8. The van der Waals surface area contributed by atoms with Gasteiger partial charge in [0, 0.05) is 6.54 Å². The van der Waals surface area contributed by atoms with Crippen molar-refractivity contribution in [3.63, 3.8) is 0 Å². The SMILES string of the molecule is CCOc1c(Cl)cc(CNC(=O)CNC(=O)Cc2cccc3ccccc23)cc1OC. The highest BCUT2D eigenvalue weighted by Crippen LogP contribution is 2.36. The molecule has 0 heterocycles. The quantitative estimate of drug-likeness (QED) is 0.529. The van der Waals surface area contributed by atoms with Gasteiger partial charge < -0.3 is 20.1 Å².